The normalized spacial score (nSPS) is 58.7. The van der Waals surface area contributed by atoms with Crippen molar-refractivity contribution in [1.29, 1.82) is 0 Å². The SMILES string of the molecule is C[C@H]1CC[C@H]2C(C)(C)[C@H]3C[C@]12CC[C@]3(C)O. The molecule has 16 heavy (non-hydrogen) atoms. The summed E-state index contributed by atoms with van der Waals surface area (Å²) in [6.07, 6.45) is 6.41. The smallest absolute Gasteiger partial charge is 0.0653 e. The summed E-state index contributed by atoms with van der Waals surface area (Å²) in [5.41, 5.74) is 0.542. The zero-order valence-electron chi connectivity index (χ0n) is 11.2. The third-order valence-corrected chi connectivity index (χ3v) is 6.79. The average molecular weight is 222 g/mol. The van der Waals surface area contributed by atoms with Crippen molar-refractivity contribution in [3.63, 3.8) is 0 Å². The van der Waals surface area contributed by atoms with E-state index in [1.165, 1.54) is 25.7 Å². The molecule has 0 aromatic carbocycles. The molecule has 0 saturated heterocycles. The molecule has 5 atom stereocenters. The Balaban J connectivity index is 2.07. The van der Waals surface area contributed by atoms with E-state index in [0.717, 1.165) is 18.3 Å². The highest BCUT2D eigenvalue weighted by molar-refractivity contribution is 5.16. The van der Waals surface area contributed by atoms with E-state index >= 15 is 0 Å². The molecule has 1 nitrogen and oxygen atoms in total. The molecule has 1 spiro atoms. The lowest BCUT2D eigenvalue weighted by atomic mass is 9.64. The Morgan fingerprint density at radius 2 is 1.69 bits per heavy atom. The van der Waals surface area contributed by atoms with Gasteiger partial charge in [-0.25, -0.2) is 0 Å². The molecular formula is C15H26O. The Morgan fingerprint density at radius 3 is 2.38 bits per heavy atom. The molecule has 0 unspecified atom stereocenters. The molecule has 0 aromatic heterocycles. The molecule has 0 aromatic rings. The van der Waals surface area contributed by atoms with Crippen LogP contribution in [0.4, 0.5) is 0 Å². The van der Waals surface area contributed by atoms with E-state index in [1.54, 1.807) is 0 Å². The predicted molar refractivity (Wildman–Crippen MR) is 66.1 cm³/mol. The van der Waals surface area contributed by atoms with E-state index in [1.807, 2.05) is 0 Å². The summed E-state index contributed by atoms with van der Waals surface area (Å²) in [7, 11) is 0. The van der Waals surface area contributed by atoms with Gasteiger partial charge < -0.3 is 5.11 Å². The van der Waals surface area contributed by atoms with Gasteiger partial charge in [0.15, 0.2) is 0 Å². The van der Waals surface area contributed by atoms with Crippen LogP contribution in [-0.2, 0) is 0 Å². The van der Waals surface area contributed by atoms with Crippen molar-refractivity contribution in [2.45, 2.75) is 65.4 Å². The predicted octanol–water partition coefficient (Wildman–Crippen LogP) is 3.61. The lowest BCUT2D eigenvalue weighted by Crippen LogP contribution is -2.44. The van der Waals surface area contributed by atoms with E-state index < -0.39 is 5.60 Å². The van der Waals surface area contributed by atoms with Crippen LogP contribution in [0.1, 0.15) is 59.8 Å². The van der Waals surface area contributed by atoms with Crippen molar-refractivity contribution in [2.24, 2.45) is 28.6 Å². The quantitative estimate of drug-likeness (QED) is 0.664. The number of hydrogen-bond donors (Lipinski definition) is 1. The Kier molecular flexibility index (Phi) is 1.98. The van der Waals surface area contributed by atoms with Crippen LogP contribution in [0.25, 0.3) is 0 Å². The highest BCUT2D eigenvalue weighted by Crippen LogP contribution is 2.73. The van der Waals surface area contributed by atoms with E-state index in [4.69, 9.17) is 0 Å². The first kappa shape index (κ1) is 11.1. The average Bonchev–Trinajstić information content (AvgIpc) is 2.58. The standard InChI is InChI=1S/C15H26O/c1-10-5-6-11-13(2,3)12-9-15(10,11)8-7-14(12,4)16/h10-12,16H,5-9H2,1-4H3/t10-,11-,12+,14-,15+/m0/s1. The second-order valence-corrected chi connectivity index (χ2v) is 7.70. The second-order valence-electron chi connectivity index (χ2n) is 7.70. The fourth-order valence-electron chi connectivity index (χ4n) is 5.88. The van der Waals surface area contributed by atoms with Crippen LogP contribution in [0.5, 0.6) is 0 Å². The number of hydrogen-bond acceptors (Lipinski definition) is 1. The fourth-order valence-corrected chi connectivity index (χ4v) is 5.88. The van der Waals surface area contributed by atoms with Crippen LogP contribution < -0.4 is 0 Å². The molecule has 2 bridgehead atoms. The largest absolute Gasteiger partial charge is 0.390 e. The summed E-state index contributed by atoms with van der Waals surface area (Å²) in [4.78, 5) is 0. The van der Waals surface area contributed by atoms with E-state index in [-0.39, 0.29) is 0 Å². The van der Waals surface area contributed by atoms with Crippen LogP contribution in [-0.4, -0.2) is 10.7 Å². The molecule has 0 radical (unpaired) electrons. The van der Waals surface area contributed by atoms with Gasteiger partial charge in [-0.15, -0.1) is 0 Å². The molecule has 3 saturated carbocycles. The highest BCUT2D eigenvalue weighted by atomic mass is 16.3. The third-order valence-electron chi connectivity index (χ3n) is 6.79. The molecule has 3 aliphatic carbocycles. The van der Waals surface area contributed by atoms with Gasteiger partial charge in [-0.1, -0.05) is 20.8 Å². The highest BCUT2D eigenvalue weighted by Gasteiger charge is 2.67. The maximum absolute atomic E-state index is 10.6. The fraction of sp³-hybridized carbons (Fsp3) is 1.00. The topological polar surface area (TPSA) is 20.2 Å². The van der Waals surface area contributed by atoms with E-state index in [0.29, 0.717) is 16.7 Å². The molecule has 3 rings (SSSR count). The first-order valence-electron chi connectivity index (χ1n) is 7.03. The maximum atomic E-state index is 10.6. The first-order chi connectivity index (χ1) is 7.31. The van der Waals surface area contributed by atoms with Crippen molar-refractivity contribution >= 4 is 0 Å². The van der Waals surface area contributed by atoms with Gasteiger partial charge in [0.25, 0.3) is 0 Å². The van der Waals surface area contributed by atoms with Crippen LogP contribution in [0.3, 0.4) is 0 Å². The molecule has 3 aliphatic rings. The number of aliphatic hydroxyl groups is 1. The summed E-state index contributed by atoms with van der Waals surface area (Å²) >= 11 is 0. The Labute approximate surface area is 99.6 Å². The lowest BCUT2D eigenvalue weighted by Gasteiger charge is -2.44. The minimum Gasteiger partial charge on any atom is -0.390 e. The molecule has 3 fully saturated rings. The number of rotatable bonds is 0. The molecule has 1 heteroatoms. The minimum absolute atomic E-state index is 0.352. The van der Waals surface area contributed by atoms with Crippen LogP contribution in [0.2, 0.25) is 0 Å². The molecular weight excluding hydrogens is 196 g/mol. The summed E-state index contributed by atoms with van der Waals surface area (Å²) in [5, 5.41) is 10.6. The van der Waals surface area contributed by atoms with Gasteiger partial charge in [-0.3, -0.25) is 0 Å². The van der Waals surface area contributed by atoms with Crippen molar-refractivity contribution in [1.82, 2.24) is 0 Å². The van der Waals surface area contributed by atoms with Gasteiger partial charge in [-0.2, -0.15) is 0 Å². The Morgan fingerprint density at radius 1 is 1.00 bits per heavy atom. The van der Waals surface area contributed by atoms with Crippen molar-refractivity contribution in [3.05, 3.63) is 0 Å². The summed E-state index contributed by atoms with van der Waals surface area (Å²) in [5.74, 6) is 2.29. The van der Waals surface area contributed by atoms with Crippen LogP contribution >= 0.6 is 0 Å². The molecule has 92 valence electrons. The van der Waals surface area contributed by atoms with Gasteiger partial charge in [0.05, 0.1) is 5.60 Å². The summed E-state index contributed by atoms with van der Waals surface area (Å²) in [6.45, 7) is 9.38. The second kappa shape index (κ2) is 2.85. The lowest BCUT2D eigenvalue weighted by molar-refractivity contribution is -0.0717. The monoisotopic (exact) mass is 222 g/mol. The summed E-state index contributed by atoms with van der Waals surface area (Å²) in [6, 6.07) is 0. The zero-order chi connectivity index (χ0) is 11.8. The molecule has 0 amide bonds. The summed E-state index contributed by atoms with van der Waals surface area (Å²) < 4.78 is 0. The van der Waals surface area contributed by atoms with E-state index in [2.05, 4.69) is 27.7 Å². The molecule has 0 aliphatic heterocycles. The van der Waals surface area contributed by atoms with Gasteiger partial charge in [-0.05, 0) is 67.6 Å². The van der Waals surface area contributed by atoms with Crippen molar-refractivity contribution in [2.75, 3.05) is 0 Å². The van der Waals surface area contributed by atoms with Crippen LogP contribution in [0, 0.1) is 28.6 Å². The van der Waals surface area contributed by atoms with Crippen molar-refractivity contribution < 1.29 is 5.11 Å². The maximum Gasteiger partial charge on any atom is 0.0653 e. The minimum atomic E-state index is -0.404. The molecule has 0 heterocycles. The molecule has 1 N–H and O–H groups in total. The Hall–Kier alpha value is -0.0400. The zero-order valence-corrected chi connectivity index (χ0v) is 11.2. The van der Waals surface area contributed by atoms with Gasteiger partial charge in [0.2, 0.25) is 0 Å². The number of fused-ring (bicyclic) bond motifs is 1. The van der Waals surface area contributed by atoms with Crippen molar-refractivity contribution in [3.8, 4) is 0 Å². The third kappa shape index (κ3) is 1.06. The first-order valence-corrected chi connectivity index (χ1v) is 7.03. The van der Waals surface area contributed by atoms with Gasteiger partial charge >= 0.3 is 0 Å². The van der Waals surface area contributed by atoms with Gasteiger partial charge in [0, 0.05) is 0 Å². The van der Waals surface area contributed by atoms with Crippen LogP contribution in [0.15, 0.2) is 0 Å². The van der Waals surface area contributed by atoms with Gasteiger partial charge in [0.1, 0.15) is 0 Å². The van der Waals surface area contributed by atoms with E-state index in [9.17, 15) is 5.11 Å². The Bertz CT molecular complexity index is 313.